The molecule has 34 heavy (non-hydrogen) atoms. The molecule has 0 saturated carbocycles. The number of likely N-dealkylation sites (tertiary alicyclic amines) is 1. The number of nitrogens with one attached hydrogen (secondary N) is 1. The number of aromatic nitrogens is 2. The van der Waals surface area contributed by atoms with Crippen molar-refractivity contribution in [1.82, 2.24) is 19.6 Å². The maximum atomic E-state index is 12.5. The van der Waals surface area contributed by atoms with E-state index in [1.165, 1.54) is 37.3 Å². The molecule has 2 heterocycles. The number of piperidine rings is 1. The zero-order valence-corrected chi connectivity index (χ0v) is 21.9. The Kier molecular flexibility index (Phi) is 11.1. The van der Waals surface area contributed by atoms with Gasteiger partial charge in [0, 0.05) is 56.6 Å². The number of carbonyl (C=O) groups excluding carboxylic acids is 1. The van der Waals surface area contributed by atoms with Crippen molar-refractivity contribution in [3.8, 4) is 5.75 Å². The molecule has 0 bridgehead atoms. The highest BCUT2D eigenvalue weighted by atomic mass is 32.1. The lowest BCUT2D eigenvalue weighted by atomic mass is 10.0. The first kappa shape index (κ1) is 26.4. The number of nitrogens with zero attached hydrogens (tertiary/aromatic N) is 4. The predicted octanol–water partition coefficient (Wildman–Crippen LogP) is 4.51. The fourth-order valence-corrected chi connectivity index (χ4v) is 5.12. The van der Waals surface area contributed by atoms with Crippen molar-refractivity contribution in [3.05, 3.63) is 35.7 Å². The van der Waals surface area contributed by atoms with Gasteiger partial charge in [0.05, 0.1) is 7.11 Å². The quantitative estimate of drug-likeness (QED) is 0.395. The molecule has 188 valence electrons. The van der Waals surface area contributed by atoms with E-state index in [1.807, 2.05) is 18.2 Å². The predicted molar refractivity (Wildman–Crippen MR) is 140 cm³/mol. The maximum Gasteiger partial charge on any atom is 0.221 e. The third-order valence-corrected chi connectivity index (χ3v) is 7.31. The minimum Gasteiger partial charge on any atom is -0.497 e. The molecule has 1 fully saturated rings. The lowest BCUT2D eigenvalue weighted by Gasteiger charge is -2.33. The van der Waals surface area contributed by atoms with E-state index in [9.17, 15) is 4.79 Å². The van der Waals surface area contributed by atoms with Gasteiger partial charge in [-0.25, -0.2) is 4.98 Å². The van der Waals surface area contributed by atoms with Crippen LogP contribution >= 0.6 is 11.5 Å². The normalized spacial score (nSPS) is 16.4. The van der Waals surface area contributed by atoms with Crippen molar-refractivity contribution in [2.24, 2.45) is 0 Å². The van der Waals surface area contributed by atoms with E-state index in [0.717, 1.165) is 61.2 Å². The summed E-state index contributed by atoms with van der Waals surface area (Å²) in [6, 6.07) is 8.69. The van der Waals surface area contributed by atoms with E-state index < -0.39 is 0 Å². The molecular weight excluding hydrogens is 446 g/mol. The van der Waals surface area contributed by atoms with Gasteiger partial charge in [0.1, 0.15) is 11.6 Å². The van der Waals surface area contributed by atoms with Gasteiger partial charge in [0.15, 0.2) is 0 Å². The molecule has 7 nitrogen and oxygen atoms in total. The Labute approximate surface area is 209 Å². The van der Waals surface area contributed by atoms with Gasteiger partial charge in [-0.1, -0.05) is 31.9 Å². The molecule has 0 aliphatic carbocycles. The number of ether oxygens (including phenoxy) is 1. The van der Waals surface area contributed by atoms with Crippen LogP contribution in [0, 0.1) is 0 Å². The van der Waals surface area contributed by atoms with E-state index in [2.05, 4.69) is 39.4 Å². The second kappa shape index (κ2) is 14.3. The van der Waals surface area contributed by atoms with Crippen molar-refractivity contribution < 1.29 is 9.53 Å². The molecule has 1 N–H and O–H groups in total. The first-order valence-corrected chi connectivity index (χ1v) is 13.6. The number of amides is 1. The number of methoxy groups -OCH3 is 1. The standard InChI is InChI=1S/C26H41N5O2S/c1-4-5-15-31(18-13-25(32)27-14-9-17-30-16-7-6-10-21(30)2)26-28-24(29-34-26)20-22-11-8-12-23(19-22)33-3/h8,11-12,19,21H,4-7,9-10,13-18,20H2,1-3H3,(H,27,32). The monoisotopic (exact) mass is 487 g/mol. The highest BCUT2D eigenvalue weighted by Gasteiger charge is 2.18. The SMILES string of the molecule is CCCCN(CCC(=O)NCCCN1CCCCC1C)c1nc(Cc2cccc(OC)c2)ns1. The number of benzene rings is 1. The minimum absolute atomic E-state index is 0.120. The Morgan fingerprint density at radius 1 is 1.29 bits per heavy atom. The molecular formula is C26H41N5O2S. The van der Waals surface area contributed by atoms with Crippen molar-refractivity contribution in [1.29, 1.82) is 0 Å². The van der Waals surface area contributed by atoms with E-state index in [0.29, 0.717) is 25.4 Å². The molecule has 2 aromatic rings. The lowest BCUT2D eigenvalue weighted by Crippen LogP contribution is -2.39. The summed E-state index contributed by atoms with van der Waals surface area (Å²) in [6.45, 7) is 9.09. The van der Waals surface area contributed by atoms with Crippen molar-refractivity contribution in [2.75, 3.05) is 44.7 Å². The van der Waals surface area contributed by atoms with Gasteiger partial charge in [-0.2, -0.15) is 4.37 Å². The van der Waals surface area contributed by atoms with Crippen molar-refractivity contribution in [3.63, 3.8) is 0 Å². The summed E-state index contributed by atoms with van der Waals surface area (Å²) >= 11 is 1.42. The molecule has 8 heteroatoms. The zero-order valence-electron chi connectivity index (χ0n) is 21.1. The second-order valence-corrected chi connectivity index (χ2v) is 9.93. The molecule has 1 aromatic heterocycles. The van der Waals surface area contributed by atoms with Gasteiger partial charge in [-0.05, 0) is 56.8 Å². The van der Waals surface area contributed by atoms with E-state index in [-0.39, 0.29) is 5.91 Å². The number of anilines is 1. The van der Waals surface area contributed by atoms with Crippen molar-refractivity contribution >= 4 is 22.6 Å². The lowest BCUT2D eigenvalue weighted by molar-refractivity contribution is -0.120. The summed E-state index contributed by atoms with van der Waals surface area (Å²) in [5.74, 6) is 1.77. The summed E-state index contributed by atoms with van der Waals surface area (Å²) < 4.78 is 9.90. The maximum absolute atomic E-state index is 12.5. The molecule has 1 amide bonds. The van der Waals surface area contributed by atoms with E-state index >= 15 is 0 Å². The molecule has 1 atom stereocenters. The summed E-state index contributed by atoms with van der Waals surface area (Å²) in [5, 5.41) is 4.01. The first-order chi connectivity index (χ1) is 16.6. The molecule has 0 radical (unpaired) electrons. The molecule has 0 spiro atoms. The fourth-order valence-electron chi connectivity index (χ4n) is 4.39. The Morgan fingerprint density at radius 3 is 2.97 bits per heavy atom. The summed E-state index contributed by atoms with van der Waals surface area (Å²) in [7, 11) is 1.68. The Balaban J connectivity index is 1.45. The molecule has 3 rings (SSSR count). The van der Waals surface area contributed by atoms with Crippen LogP contribution in [0.4, 0.5) is 5.13 Å². The van der Waals surface area contributed by atoms with Gasteiger partial charge in [-0.15, -0.1) is 0 Å². The van der Waals surface area contributed by atoms with Crippen LogP contribution in [0.25, 0.3) is 0 Å². The highest BCUT2D eigenvalue weighted by molar-refractivity contribution is 7.09. The average molecular weight is 488 g/mol. The number of rotatable bonds is 14. The molecule has 1 aliphatic rings. The van der Waals surface area contributed by atoms with Crippen LogP contribution in [-0.2, 0) is 11.2 Å². The number of carbonyl (C=O) groups is 1. The van der Waals surface area contributed by atoms with Crippen LogP contribution < -0.4 is 15.0 Å². The second-order valence-electron chi connectivity index (χ2n) is 9.20. The molecule has 1 aromatic carbocycles. The van der Waals surface area contributed by atoms with Gasteiger partial charge in [0.2, 0.25) is 11.0 Å². The Morgan fingerprint density at radius 2 is 2.18 bits per heavy atom. The fraction of sp³-hybridized carbons (Fsp3) is 0.654. The third kappa shape index (κ3) is 8.55. The van der Waals surface area contributed by atoms with Crippen molar-refractivity contribution in [2.45, 2.75) is 71.3 Å². The number of hydrogen-bond acceptors (Lipinski definition) is 7. The summed E-state index contributed by atoms with van der Waals surface area (Å²) in [4.78, 5) is 22.0. The topological polar surface area (TPSA) is 70.6 Å². The van der Waals surface area contributed by atoms with Crippen LogP contribution in [0.3, 0.4) is 0 Å². The number of hydrogen-bond donors (Lipinski definition) is 1. The van der Waals surface area contributed by atoms with E-state index in [1.54, 1.807) is 7.11 Å². The smallest absolute Gasteiger partial charge is 0.221 e. The summed E-state index contributed by atoms with van der Waals surface area (Å²) in [5.41, 5.74) is 1.13. The highest BCUT2D eigenvalue weighted by Crippen LogP contribution is 2.21. The average Bonchev–Trinajstić information content (AvgIpc) is 3.31. The number of unbranched alkanes of at least 4 members (excludes halogenated alkanes) is 1. The Hall–Kier alpha value is -2.19. The van der Waals surface area contributed by atoms with Crippen LogP contribution in [0.5, 0.6) is 5.75 Å². The molecule has 1 aliphatic heterocycles. The van der Waals surface area contributed by atoms with Crippen LogP contribution in [-0.4, -0.2) is 66.0 Å². The summed E-state index contributed by atoms with van der Waals surface area (Å²) in [6.07, 6.45) is 8.29. The third-order valence-electron chi connectivity index (χ3n) is 6.50. The zero-order chi connectivity index (χ0) is 24.2. The molecule has 1 unspecified atom stereocenters. The van der Waals surface area contributed by atoms with Gasteiger partial charge in [0.25, 0.3) is 0 Å². The minimum atomic E-state index is 0.120. The van der Waals surface area contributed by atoms with Crippen LogP contribution in [0.2, 0.25) is 0 Å². The van der Waals surface area contributed by atoms with Gasteiger partial charge in [-0.3, -0.25) is 4.79 Å². The van der Waals surface area contributed by atoms with Crippen LogP contribution in [0.1, 0.15) is 70.2 Å². The first-order valence-electron chi connectivity index (χ1n) is 12.8. The largest absolute Gasteiger partial charge is 0.497 e. The molecule has 1 saturated heterocycles. The van der Waals surface area contributed by atoms with Gasteiger partial charge < -0.3 is 19.9 Å². The van der Waals surface area contributed by atoms with E-state index in [4.69, 9.17) is 9.72 Å². The van der Waals surface area contributed by atoms with Crippen LogP contribution in [0.15, 0.2) is 24.3 Å². The van der Waals surface area contributed by atoms with Gasteiger partial charge >= 0.3 is 0 Å². The Bertz CT molecular complexity index is 874.